The third kappa shape index (κ3) is 4.27. The van der Waals surface area contributed by atoms with E-state index in [0.717, 1.165) is 31.3 Å². The minimum absolute atomic E-state index is 0.201. The molecule has 2 rings (SSSR count). The smallest absolute Gasteiger partial charge is 0.338 e. The molecule has 0 spiro atoms. The molecule has 0 aromatic heterocycles. The number of carboxylic acid groups (broad SMARTS) is 1. The van der Waals surface area contributed by atoms with Crippen LogP contribution in [0.1, 0.15) is 37.0 Å². The Kier molecular flexibility index (Phi) is 5.38. The summed E-state index contributed by atoms with van der Waals surface area (Å²) in [4.78, 5) is 13.0. The van der Waals surface area contributed by atoms with E-state index >= 15 is 0 Å². The van der Waals surface area contributed by atoms with Gasteiger partial charge in [-0.05, 0) is 58.0 Å². The summed E-state index contributed by atoms with van der Waals surface area (Å²) in [6.45, 7) is 5.79. The number of likely N-dealkylation sites (tertiary alicyclic amines) is 1. The fourth-order valence-electron chi connectivity index (χ4n) is 2.66. The Morgan fingerprint density at radius 3 is 2.48 bits per heavy atom. The van der Waals surface area contributed by atoms with E-state index in [9.17, 15) is 17.6 Å². The van der Waals surface area contributed by atoms with Gasteiger partial charge in [0.15, 0.2) is 0 Å². The van der Waals surface area contributed by atoms with Crippen LogP contribution < -0.4 is 4.72 Å². The molecule has 23 heavy (non-hydrogen) atoms. The van der Waals surface area contributed by atoms with Gasteiger partial charge in [-0.15, -0.1) is 0 Å². The first-order valence-corrected chi connectivity index (χ1v) is 8.98. The molecule has 0 aliphatic carbocycles. The van der Waals surface area contributed by atoms with Gasteiger partial charge in [0, 0.05) is 12.1 Å². The van der Waals surface area contributed by atoms with Crippen LogP contribution in [-0.2, 0) is 10.0 Å². The third-order valence-electron chi connectivity index (χ3n) is 4.06. The highest BCUT2D eigenvalue weighted by Crippen LogP contribution is 2.18. The van der Waals surface area contributed by atoms with Gasteiger partial charge in [0.2, 0.25) is 10.0 Å². The predicted octanol–water partition coefficient (Wildman–Crippen LogP) is 1.68. The molecule has 1 aliphatic heterocycles. The van der Waals surface area contributed by atoms with Crippen molar-refractivity contribution in [2.24, 2.45) is 0 Å². The van der Waals surface area contributed by atoms with Crippen LogP contribution in [-0.4, -0.2) is 49.6 Å². The monoisotopic (exact) mass is 344 g/mol. The Labute approximate surface area is 135 Å². The number of piperidine rings is 1. The van der Waals surface area contributed by atoms with Crippen LogP contribution in [0, 0.1) is 5.82 Å². The lowest BCUT2D eigenvalue weighted by Gasteiger charge is -2.34. The summed E-state index contributed by atoms with van der Waals surface area (Å²) in [7, 11) is -3.87. The van der Waals surface area contributed by atoms with E-state index in [-0.39, 0.29) is 10.9 Å². The van der Waals surface area contributed by atoms with Gasteiger partial charge in [-0.2, -0.15) is 0 Å². The van der Waals surface area contributed by atoms with Crippen molar-refractivity contribution in [3.63, 3.8) is 0 Å². The number of nitrogens with zero attached hydrogens (tertiary/aromatic N) is 1. The Hall–Kier alpha value is -1.51. The van der Waals surface area contributed by atoms with Crippen molar-refractivity contribution in [3.8, 4) is 0 Å². The van der Waals surface area contributed by atoms with Gasteiger partial charge in [-0.3, -0.25) is 0 Å². The zero-order chi connectivity index (χ0) is 17.2. The van der Waals surface area contributed by atoms with Crippen LogP contribution in [0.3, 0.4) is 0 Å². The van der Waals surface area contributed by atoms with Gasteiger partial charge in [-0.1, -0.05) is 0 Å². The summed E-state index contributed by atoms with van der Waals surface area (Å²) in [5.41, 5.74) is -0.650. The second-order valence-electron chi connectivity index (χ2n) is 5.97. The van der Waals surface area contributed by atoms with E-state index in [1.807, 2.05) is 0 Å². The Morgan fingerprint density at radius 2 is 1.96 bits per heavy atom. The van der Waals surface area contributed by atoms with Crippen molar-refractivity contribution in [1.29, 1.82) is 0 Å². The molecular formula is C15H21FN2O4S. The molecule has 1 saturated heterocycles. The molecule has 1 aliphatic rings. The standard InChI is InChI=1S/C15H21FN2O4S/c1-10(2)18-7-5-11(6-8-18)17-23(21,22)12-3-4-14(16)13(9-12)15(19)20/h3-4,9-11,17H,5-8H2,1-2H3,(H,19,20). The number of aromatic carboxylic acids is 1. The maximum atomic E-state index is 13.4. The van der Waals surface area contributed by atoms with Crippen LogP contribution in [0.2, 0.25) is 0 Å². The average Bonchev–Trinajstić information content (AvgIpc) is 2.47. The van der Waals surface area contributed by atoms with Crippen molar-refractivity contribution >= 4 is 16.0 Å². The van der Waals surface area contributed by atoms with E-state index in [2.05, 4.69) is 23.5 Å². The summed E-state index contributed by atoms with van der Waals surface area (Å²) in [6, 6.07) is 3.01. The van der Waals surface area contributed by atoms with Crippen molar-refractivity contribution < 1.29 is 22.7 Å². The molecule has 0 radical (unpaired) electrons. The van der Waals surface area contributed by atoms with Crippen molar-refractivity contribution in [2.75, 3.05) is 13.1 Å². The van der Waals surface area contributed by atoms with E-state index < -0.39 is 27.4 Å². The van der Waals surface area contributed by atoms with Crippen molar-refractivity contribution in [2.45, 2.75) is 43.7 Å². The maximum absolute atomic E-state index is 13.4. The molecule has 0 unspecified atom stereocenters. The highest BCUT2D eigenvalue weighted by molar-refractivity contribution is 7.89. The minimum Gasteiger partial charge on any atom is -0.478 e. The summed E-state index contributed by atoms with van der Waals surface area (Å²) >= 11 is 0. The third-order valence-corrected chi connectivity index (χ3v) is 5.58. The lowest BCUT2D eigenvalue weighted by Crippen LogP contribution is -2.46. The highest BCUT2D eigenvalue weighted by Gasteiger charge is 2.26. The summed E-state index contributed by atoms with van der Waals surface area (Å²) < 4.78 is 40.7. The van der Waals surface area contributed by atoms with Crippen LogP contribution in [0.4, 0.5) is 4.39 Å². The molecule has 128 valence electrons. The lowest BCUT2D eigenvalue weighted by atomic mass is 10.1. The fourth-order valence-corrected chi connectivity index (χ4v) is 3.99. The molecule has 2 N–H and O–H groups in total. The van der Waals surface area contributed by atoms with Crippen molar-refractivity contribution in [3.05, 3.63) is 29.6 Å². The molecular weight excluding hydrogens is 323 g/mol. The van der Waals surface area contributed by atoms with Crippen LogP contribution in [0.25, 0.3) is 0 Å². The topological polar surface area (TPSA) is 86.7 Å². The number of rotatable bonds is 5. The molecule has 1 fully saturated rings. The highest BCUT2D eigenvalue weighted by atomic mass is 32.2. The number of carboxylic acids is 1. The number of halogens is 1. The number of sulfonamides is 1. The molecule has 0 amide bonds. The van der Waals surface area contributed by atoms with Crippen LogP contribution >= 0.6 is 0 Å². The second-order valence-corrected chi connectivity index (χ2v) is 7.69. The largest absolute Gasteiger partial charge is 0.478 e. The number of hydrogen-bond donors (Lipinski definition) is 2. The molecule has 1 aromatic rings. The van der Waals surface area contributed by atoms with Gasteiger partial charge in [0.25, 0.3) is 0 Å². The Morgan fingerprint density at radius 1 is 1.35 bits per heavy atom. The number of benzene rings is 1. The van der Waals surface area contributed by atoms with Gasteiger partial charge in [0.1, 0.15) is 5.82 Å². The quantitative estimate of drug-likeness (QED) is 0.849. The van der Waals surface area contributed by atoms with Gasteiger partial charge in [-0.25, -0.2) is 22.3 Å². The average molecular weight is 344 g/mol. The van der Waals surface area contributed by atoms with E-state index in [1.165, 1.54) is 0 Å². The molecule has 1 aromatic carbocycles. The second kappa shape index (κ2) is 6.94. The predicted molar refractivity (Wildman–Crippen MR) is 83.4 cm³/mol. The molecule has 8 heteroatoms. The van der Waals surface area contributed by atoms with Crippen LogP contribution in [0.5, 0.6) is 0 Å². The first-order valence-electron chi connectivity index (χ1n) is 7.50. The van der Waals surface area contributed by atoms with E-state index in [0.29, 0.717) is 18.9 Å². The Balaban J connectivity index is 2.11. The summed E-state index contributed by atoms with van der Waals surface area (Å²) in [5, 5.41) is 8.90. The first-order chi connectivity index (χ1) is 10.7. The molecule has 0 atom stereocenters. The first kappa shape index (κ1) is 17.8. The number of nitrogens with one attached hydrogen (secondary N) is 1. The molecule has 0 saturated carbocycles. The van der Waals surface area contributed by atoms with E-state index in [4.69, 9.17) is 5.11 Å². The zero-order valence-corrected chi connectivity index (χ0v) is 13.9. The van der Waals surface area contributed by atoms with Crippen molar-refractivity contribution in [1.82, 2.24) is 9.62 Å². The molecule has 0 bridgehead atoms. The molecule has 6 nitrogen and oxygen atoms in total. The zero-order valence-electron chi connectivity index (χ0n) is 13.1. The fraction of sp³-hybridized carbons (Fsp3) is 0.533. The van der Waals surface area contributed by atoms with E-state index in [1.54, 1.807) is 0 Å². The number of hydrogen-bond acceptors (Lipinski definition) is 4. The van der Waals surface area contributed by atoms with Gasteiger partial charge >= 0.3 is 5.97 Å². The van der Waals surface area contributed by atoms with Gasteiger partial charge < -0.3 is 10.0 Å². The summed E-state index contributed by atoms with van der Waals surface area (Å²) in [5.74, 6) is -2.45. The normalized spacial score (nSPS) is 17.6. The van der Waals surface area contributed by atoms with Crippen LogP contribution in [0.15, 0.2) is 23.1 Å². The lowest BCUT2D eigenvalue weighted by molar-refractivity contribution is 0.0691. The number of carbonyl (C=O) groups is 1. The Bertz CT molecular complexity index is 683. The minimum atomic E-state index is -3.87. The molecule has 1 heterocycles. The van der Waals surface area contributed by atoms with Gasteiger partial charge in [0.05, 0.1) is 10.5 Å². The summed E-state index contributed by atoms with van der Waals surface area (Å²) in [6.07, 6.45) is 1.37. The maximum Gasteiger partial charge on any atom is 0.338 e. The SMILES string of the molecule is CC(C)N1CCC(NS(=O)(=O)c2ccc(F)c(C(=O)O)c2)CC1.